The molecule has 0 spiro atoms. The van der Waals surface area contributed by atoms with Crippen molar-refractivity contribution in [2.75, 3.05) is 36.1 Å². The minimum absolute atomic E-state index is 0.0125. The van der Waals surface area contributed by atoms with Gasteiger partial charge in [-0.1, -0.05) is 33.4 Å². The minimum Gasteiger partial charge on any atom is -0.355 e. The Kier molecular flexibility index (Phi) is 11.3. The smallest absolute Gasteiger partial charge is 0.349 e. The number of imide groups is 1. The van der Waals surface area contributed by atoms with Crippen LogP contribution >= 0.6 is 21.6 Å². The SMILES string of the molecule is CC1(C)C#CC(C)(C)CS(=O)(=NC(=O)NCCSSCCNC(=O)CCC(=O)ON2C(=O)CCC2=O)C1. The molecule has 0 aromatic carbocycles. The number of urea groups is 1. The van der Waals surface area contributed by atoms with E-state index in [0.717, 1.165) is 0 Å². The molecule has 2 aliphatic heterocycles. The largest absolute Gasteiger partial charge is 0.355 e. The van der Waals surface area contributed by atoms with Crippen molar-refractivity contribution in [3.8, 4) is 11.8 Å². The lowest BCUT2D eigenvalue weighted by Crippen LogP contribution is -2.33. The second kappa shape index (κ2) is 13.5. The van der Waals surface area contributed by atoms with Crippen LogP contribution in [0.1, 0.15) is 53.4 Å². The third-order valence-corrected chi connectivity index (χ3v) is 10.2. The van der Waals surface area contributed by atoms with Gasteiger partial charge in [-0.2, -0.15) is 0 Å². The van der Waals surface area contributed by atoms with Crippen LogP contribution in [0.2, 0.25) is 0 Å². The Morgan fingerprint density at radius 2 is 1.46 bits per heavy atom. The number of hydrogen-bond donors (Lipinski definition) is 2. The molecule has 0 aromatic heterocycles. The molecule has 2 heterocycles. The molecule has 0 saturated carbocycles. The summed E-state index contributed by atoms with van der Waals surface area (Å²) in [4.78, 5) is 63.3. The highest BCUT2D eigenvalue weighted by molar-refractivity contribution is 8.76. The number of hydroxylamine groups is 2. The zero-order valence-corrected chi connectivity index (χ0v) is 24.0. The van der Waals surface area contributed by atoms with E-state index < -0.39 is 44.4 Å². The minimum atomic E-state index is -2.75. The van der Waals surface area contributed by atoms with E-state index in [9.17, 15) is 28.2 Å². The Labute approximate surface area is 225 Å². The molecule has 0 unspecified atom stereocenters. The summed E-state index contributed by atoms with van der Waals surface area (Å²) in [7, 11) is 0.259. The summed E-state index contributed by atoms with van der Waals surface area (Å²) in [5, 5.41) is 5.81. The van der Waals surface area contributed by atoms with E-state index in [4.69, 9.17) is 4.84 Å². The molecule has 5 amide bonds. The quantitative estimate of drug-likeness (QED) is 0.164. The predicted molar refractivity (Wildman–Crippen MR) is 143 cm³/mol. The molecule has 2 rings (SSSR count). The van der Waals surface area contributed by atoms with E-state index in [1.54, 1.807) is 0 Å². The van der Waals surface area contributed by atoms with E-state index in [2.05, 4.69) is 26.8 Å². The van der Waals surface area contributed by atoms with Gasteiger partial charge in [-0.3, -0.25) is 14.4 Å². The third kappa shape index (κ3) is 11.4. The van der Waals surface area contributed by atoms with Crippen molar-refractivity contribution in [3.63, 3.8) is 0 Å². The number of nitrogens with zero attached hydrogens (tertiary/aromatic N) is 2. The number of amides is 5. The molecule has 37 heavy (non-hydrogen) atoms. The van der Waals surface area contributed by atoms with Gasteiger partial charge in [0.15, 0.2) is 0 Å². The maximum Gasteiger partial charge on any atom is 0.349 e. The van der Waals surface area contributed by atoms with Gasteiger partial charge >= 0.3 is 12.0 Å². The zero-order valence-electron chi connectivity index (χ0n) is 21.5. The predicted octanol–water partition coefficient (Wildman–Crippen LogP) is 2.12. The average Bonchev–Trinajstić information content (AvgIpc) is 3.04. The van der Waals surface area contributed by atoms with Crippen molar-refractivity contribution in [1.29, 1.82) is 0 Å². The molecule has 11 nitrogen and oxygen atoms in total. The highest BCUT2D eigenvalue weighted by atomic mass is 33.1. The summed E-state index contributed by atoms with van der Waals surface area (Å²) in [5.74, 6) is 5.71. The van der Waals surface area contributed by atoms with Crippen LogP contribution in [0.25, 0.3) is 0 Å². The van der Waals surface area contributed by atoms with Crippen molar-refractivity contribution in [2.45, 2.75) is 53.4 Å². The Morgan fingerprint density at radius 3 is 2.00 bits per heavy atom. The molecule has 14 heteroatoms. The summed E-state index contributed by atoms with van der Waals surface area (Å²) in [6, 6.07) is -0.589. The fourth-order valence-corrected chi connectivity index (χ4v) is 8.31. The molecule has 206 valence electrons. The summed E-state index contributed by atoms with van der Waals surface area (Å²) in [5.41, 5.74) is -0.956. The number of nitrogens with one attached hydrogen (secondary N) is 2. The van der Waals surface area contributed by atoms with Crippen molar-refractivity contribution in [3.05, 3.63) is 0 Å². The normalized spacial score (nSPS) is 19.3. The van der Waals surface area contributed by atoms with E-state index >= 15 is 0 Å². The van der Waals surface area contributed by atoms with Gasteiger partial charge in [-0.15, -0.1) is 9.43 Å². The fraction of sp³-hybridized carbons (Fsp3) is 0.696. The Morgan fingerprint density at radius 1 is 0.946 bits per heavy atom. The van der Waals surface area contributed by atoms with Crippen LogP contribution in [0.15, 0.2) is 4.36 Å². The third-order valence-electron chi connectivity index (χ3n) is 4.97. The van der Waals surface area contributed by atoms with Gasteiger partial charge in [0.2, 0.25) is 5.91 Å². The summed E-state index contributed by atoms with van der Waals surface area (Å²) in [6.07, 6.45) is -0.340. The zero-order chi connectivity index (χ0) is 27.7. The highest BCUT2D eigenvalue weighted by Gasteiger charge is 2.34. The van der Waals surface area contributed by atoms with Crippen molar-refractivity contribution in [1.82, 2.24) is 15.7 Å². The average molecular weight is 575 g/mol. The Balaban J connectivity index is 1.56. The summed E-state index contributed by atoms with van der Waals surface area (Å²) < 4.78 is 17.3. The highest BCUT2D eigenvalue weighted by Crippen LogP contribution is 2.29. The lowest BCUT2D eigenvalue weighted by molar-refractivity contribution is -0.197. The molecular weight excluding hydrogens is 540 g/mol. The standard InChI is InChI=1S/C23H34N4O7S3/c1-22(2)9-10-23(3,4)16-37(33,15-22)26-21(32)25-12-14-36-35-13-11-24-17(28)5-8-20(31)34-27-18(29)6-7-19(27)30/h5-8,11-16H2,1-4H3,(H,24,28)(H,25,32). The van der Waals surface area contributed by atoms with E-state index in [1.165, 1.54) is 21.6 Å². The van der Waals surface area contributed by atoms with Crippen LogP contribution < -0.4 is 10.6 Å². The van der Waals surface area contributed by atoms with Crippen molar-refractivity contribution < 1.29 is 33.0 Å². The van der Waals surface area contributed by atoms with Gasteiger partial charge in [0.05, 0.1) is 16.1 Å². The van der Waals surface area contributed by atoms with Crippen LogP contribution in [-0.4, -0.2) is 75.1 Å². The van der Waals surface area contributed by atoms with Crippen molar-refractivity contribution >= 4 is 61.0 Å². The Bertz CT molecular complexity index is 1060. The van der Waals surface area contributed by atoms with E-state index in [-0.39, 0.29) is 43.1 Å². The molecule has 0 atom stereocenters. The van der Waals surface area contributed by atoms with Gasteiger partial charge in [0, 0.05) is 66.2 Å². The van der Waals surface area contributed by atoms with Crippen molar-refractivity contribution in [2.24, 2.45) is 15.2 Å². The first-order valence-electron chi connectivity index (χ1n) is 11.8. The van der Waals surface area contributed by atoms with Crippen LogP contribution in [0, 0.1) is 22.7 Å². The van der Waals surface area contributed by atoms with E-state index in [1.807, 2.05) is 27.7 Å². The summed E-state index contributed by atoms with van der Waals surface area (Å²) in [6.45, 7) is 8.35. The molecule has 1 fully saturated rings. The number of rotatable bonds is 11. The van der Waals surface area contributed by atoms with Gasteiger partial charge < -0.3 is 15.5 Å². The summed E-state index contributed by atoms with van der Waals surface area (Å²) >= 11 is 0. The number of carbonyl (C=O) groups is 5. The molecule has 0 bridgehead atoms. The molecule has 0 radical (unpaired) electrons. The maximum absolute atomic E-state index is 13.3. The molecule has 2 N–H and O–H groups in total. The second-order valence-electron chi connectivity index (χ2n) is 9.94. The first-order chi connectivity index (χ1) is 17.2. The van der Waals surface area contributed by atoms with Crippen LogP contribution in [-0.2, 0) is 33.7 Å². The van der Waals surface area contributed by atoms with Gasteiger partial charge in [0.1, 0.15) is 0 Å². The van der Waals surface area contributed by atoms with Crippen LogP contribution in [0.4, 0.5) is 4.79 Å². The fourth-order valence-electron chi connectivity index (χ4n) is 3.50. The lowest BCUT2D eigenvalue weighted by atomic mass is 9.92. The number of carbonyl (C=O) groups excluding carboxylic acids is 5. The second-order valence-corrected chi connectivity index (χ2v) is 14.9. The number of hydrogen-bond acceptors (Lipinski definition) is 9. The molecule has 0 aliphatic carbocycles. The maximum atomic E-state index is 13.3. The first-order valence-corrected chi connectivity index (χ1v) is 16.2. The van der Waals surface area contributed by atoms with Gasteiger partial charge in [-0.05, 0) is 27.7 Å². The van der Waals surface area contributed by atoms with Gasteiger partial charge in [-0.25, -0.2) is 13.8 Å². The molecule has 0 aromatic rings. The van der Waals surface area contributed by atoms with Crippen LogP contribution in [0.5, 0.6) is 0 Å². The monoisotopic (exact) mass is 574 g/mol. The first kappa shape index (κ1) is 31.0. The molecular formula is C23H34N4O7S3. The molecule has 2 aliphatic rings. The lowest BCUT2D eigenvalue weighted by Gasteiger charge is -2.21. The van der Waals surface area contributed by atoms with Crippen LogP contribution in [0.3, 0.4) is 0 Å². The molecule has 1 saturated heterocycles. The van der Waals surface area contributed by atoms with E-state index in [0.29, 0.717) is 29.7 Å². The topological polar surface area (TPSA) is 151 Å². The Hall–Kier alpha value is -2.24. The van der Waals surface area contributed by atoms with Gasteiger partial charge in [0.25, 0.3) is 11.8 Å².